The summed E-state index contributed by atoms with van der Waals surface area (Å²) in [5.74, 6) is 1.76. The molecule has 1 fully saturated rings. The molecule has 1 saturated heterocycles. The molecular formula is C10H9NO2S4. The molecule has 0 atom stereocenters. The maximum absolute atomic E-state index is 12.2. The minimum absolute atomic E-state index is 0.0883. The Morgan fingerprint density at radius 2 is 2.06 bits per heavy atom. The highest BCUT2D eigenvalue weighted by Crippen LogP contribution is 2.40. The first-order valence-electron chi connectivity index (χ1n) is 4.85. The van der Waals surface area contributed by atoms with Gasteiger partial charge in [-0.05, 0) is 29.4 Å². The third-order valence-corrected chi connectivity index (χ3v) is 8.06. The quantitative estimate of drug-likeness (QED) is 0.786. The van der Waals surface area contributed by atoms with E-state index in [1.165, 1.54) is 29.6 Å². The highest BCUT2D eigenvalue weighted by Gasteiger charge is 2.27. The molecular weight excluding hydrogens is 294 g/mol. The lowest BCUT2D eigenvalue weighted by Gasteiger charge is -2.14. The minimum Gasteiger partial charge on any atom is -0.217 e. The third kappa shape index (κ3) is 2.71. The molecule has 1 aliphatic rings. The van der Waals surface area contributed by atoms with E-state index in [2.05, 4.69) is 0 Å². The van der Waals surface area contributed by atoms with E-state index in [0.717, 1.165) is 29.3 Å². The standard InChI is InChI=1S/C10H9NO2S4/c11-7-8(10-15-5-2-6-16-10)17(12,13)9-3-1-4-14-9/h1,3-4H,2,5-6H2. The summed E-state index contributed by atoms with van der Waals surface area (Å²) in [6, 6.07) is 5.07. The average molecular weight is 303 g/mol. The van der Waals surface area contributed by atoms with Crippen LogP contribution >= 0.6 is 34.9 Å². The third-order valence-electron chi connectivity index (χ3n) is 2.07. The number of thioether (sulfide) groups is 2. The van der Waals surface area contributed by atoms with Crippen molar-refractivity contribution >= 4 is 44.7 Å². The van der Waals surface area contributed by atoms with Crippen LogP contribution in [0, 0.1) is 11.3 Å². The van der Waals surface area contributed by atoms with Crippen molar-refractivity contribution in [1.82, 2.24) is 0 Å². The Labute approximate surface area is 113 Å². The summed E-state index contributed by atoms with van der Waals surface area (Å²) >= 11 is 4.08. The largest absolute Gasteiger partial charge is 0.227 e. The maximum atomic E-state index is 12.2. The van der Waals surface area contributed by atoms with Gasteiger partial charge in [0.15, 0.2) is 4.91 Å². The van der Waals surface area contributed by atoms with E-state index in [9.17, 15) is 8.42 Å². The topological polar surface area (TPSA) is 57.9 Å². The second-order valence-electron chi connectivity index (χ2n) is 3.21. The zero-order valence-electron chi connectivity index (χ0n) is 8.75. The molecule has 0 spiro atoms. The fourth-order valence-electron chi connectivity index (χ4n) is 1.29. The lowest BCUT2D eigenvalue weighted by molar-refractivity contribution is 0.605. The molecule has 0 saturated carbocycles. The van der Waals surface area contributed by atoms with E-state index >= 15 is 0 Å². The van der Waals surface area contributed by atoms with Gasteiger partial charge in [-0.25, -0.2) is 8.42 Å². The van der Waals surface area contributed by atoms with Crippen molar-refractivity contribution in [2.45, 2.75) is 10.6 Å². The summed E-state index contributed by atoms with van der Waals surface area (Å²) in [5, 5.41) is 10.8. The molecule has 1 aromatic heterocycles. The van der Waals surface area contributed by atoms with Crippen molar-refractivity contribution in [2.75, 3.05) is 11.5 Å². The number of thiophene rings is 1. The number of sulfone groups is 1. The van der Waals surface area contributed by atoms with E-state index in [-0.39, 0.29) is 9.11 Å². The summed E-state index contributed by atoms with van der Waals surface area (Å²) in [7, 11) is -3.61. The Bertz CT molecular complexity index is 558. The molecule has 2 rings (SSSR count). The van der Waals surface area contributed by atoms with Crippen LogP contribution in [0.15, 0.2) is 30.9 Å². The fraction of sp³-hybridized carbons (Fsp3) is 0.300. The van der Waals surface area contributed by atoms with Gasteiger partial charge in [-0.2, -0.15) is 5.26 Å². The first-order valence-corrected chi connectivity index (χ1v) is 9.18. The number of hydrogen-bond donors (Lipinski definition) is 0. The molecule has 7 heteroatoms. The van der Waals surface area contributed by atoms with Gasteiger partial charge in [0.2, 0.25) is 9.84 Å². The van der Waals surface area contributed by atoms with Gasteiger partial charge in [0.05, 0.1) is 4.24 Å². The number of nitriles is 1. The van der Waals surface area contributed by atoms with Crippen LogP contribution in [-0.2, 0) is 9.84 Å². The summed E-state index contributed by atoms with van der Waals surface area (Å²) in [5.41, 5.74) is 0. The van der Waals surface area contributed by atoms with Crippen molar-refractivity contribution in [3.05, 3.63) is 26.7 Å². The van der Waals surface area contributed by atoms with Gasteiger partial charge in [0.25, 0.3) is 0 Å². The van der Waals surface area contributed by atoms with E-state index in [1.807, 2.05) is 6.07 Å². The second-order valence-corrected chi connectivity index (χ2v) is 8.74. The van der Waals surface area contributed by atoms with Gasteiger partial charge < -0.3 is 0 Å². The lowest BCUT2D eigenvalue weighted by Crippen LogP contribution is -2.05. The van der Waals surface area contributed by atoms with Gasteiger partial charge >= 0.3 is 0 Å². The highest BCUT2D eigenvalue weighted by atomic mass is 32.2. The van der Waals surface area contributed by atoms with E-state index in [4.69, 9.17) is 5.26 Å². The molecule has 2 heterocycles. The number of nitrogens with zero attached hydrogens (tertiary/aromatic N) is 1. The Kier molecular flexibility index (Phi) is 4.20. The van der Waals surface area contributed by atoms with Crippen LogP contribution < -0.4 is 0 Å². The van der Waals surface area contributed by atoms with E-state index in [0.29, 0.717) is 4.24 Å². The lowest BCUT2D eigenvalue weighted by atomic mass is 10.6. The number of hydrogen-bond acceptors (Lipinski definition) is 6. The van der Waals surface area contributed by atoms with Gasteiger partial charge in [-0.15, -0.1) is 34.9 Å². The minimum atomic E-state index is -3.61. The van der Waals surface area contributed by atoms with Crippen molar-refractivity contribution in [1.29, 1.82) is 5.26 Å². The first-order chi connectivity index (χ1) is 8.16. The van der Waals surface area contributed by atoms with Crippen LogP contribution in [0.4, 0.5) is 0 Å². The monoisotopic (exact) mass is 303 g/mol. The van der Waals surface area contributed by atoms with E-state index < -0.39 is 9.84 Å². The molecule has 0 amide bonds. The van der Waals surface area contributed by atoms with Gasteiger partial charge in [0.1, 0.15) is 10.3 Å². The molecule has 0 unspecified atom stereocenters. The molecule has 17 heavy (non-hydrogen) atoms. The maximum Gasteiger partial charge on any atom is 0.227 e. The molecule has 0 radical (unpaired) electrons. The van der Waals surface area contributed by atoms with Crippen molar-refractivity contribution in [3.8, 4) is 6.07 Å². The molecule has 3 nitrogen and oxygen atoms in total. The Hall–Kier alpha value is -0.420. The normalized spacial score (nSPS) is 16.5. The summed E-state index contributed by atoms with van der Waals surface area (Å²) < 4.78 is 25.3. The molecule has 0 bridgehead atoms. The van der Waals surface area contributed by atoms with Crippen molar-refractivity contribution < 1.29 is 8.42 Å². The molecule has 90 valence electrons. The summed E-state index contributed by atoms with van der Waals surface area (Å²) in [6.07, 6.45) is 1.05. The smallest absolute Gasteiger partial charge is 0.217 e. The Morgan fingerprint density at radius 3 is 2.59 bits per heavy atom. The molecule has 0 aliphatic carbocycles. The molecule has 0 aromatic carbocycles. The van der Waals surface area contributed by atoms with Crippen LogP contribution in [-0.4, -0.2) is 19.9 Å². The number of rotatable bonds is 2. The zero-order chi connectivity index (χ0) is 12.3. The van der Waals surface area contributed by atoms with Gasteiger partial charge in [-0.1, -0.05) is 6.07 Å². The van der Waals surface area contributed by atoms with Crippen LogP contribution in [0.5, 0.6) is 0 Å². The average Bonchev–Trinajstić information content (AvgIpc) is 2.85. The van der Waals surface area contributed by atoms with Gasteiger partial charge in [-0.3, -0.25) is 0 Å². The van der Waals surface area contributed by atoms with E-state index in [1.54, 1.807) is 11.4 Å². The van der Waals surface area contributed by atoms with Crippen LogP contribution in [0.2, 0.25) is 0 Å². The SMILES string of the molecule is N#CC(=C1SCCCS1)S(=O)(=O)c1cccs1. The van der Waals surface area contributed by atoms with Crippen molar-refractivity contribution in [2.24, 2.45) is 0 Å². The molecule has 0 N–H and O–H groups in total. The Morgan fingerprint density at radius 1 is 1.35 bits per heavy atom. The number of allylic oxidation sites excluding steroid dienone is 1. The van der Waals surface area contributed by atoms with Gasteiger partial charge in [0, 0.05) is 0 Å². The molecule has 1 aromatic rings. The van der Waals surface area contributed by atoms with Crippen molar-refractivity contribution in [3.63, 3.8) is 0 Å². The van der Waals surface area contributed by atoms with Crippen LogP contribution in [0.25, 0.3) is 0 Å². The highest BCUT2D eigenvalue weighted by molar-refractivity contribution is 8.23. The van der Waals surface area contributed by atoms with Crippen LogP contribution in [0.1, 0.15) is 6.42 Å². The molecule has 1 aliphatic heterocycles. The van der Waals surface area contributed by atoms with Crippen LogP contribution in [0.3, 0.4) is 0 Å². The predicted octanol–water partition coefficient (Wildman–Crippen LogP) is 3.08. The Balaban J connectivity index is 2.47. The summed E-state index contributed by atoms with van der Waals surface area (Å²) in [6.45, 7) is 0. The fourth-order valence-corrected chi connectivity index (χ4v) is 6.79. The first kappa shape index (κ1) is 13.0. The predicted molar refractivity (Wildman–Crippen MR) is 73.7 cm³/mol. The zero-order valence-corrected chi connectivity index (χ0v) is 12.0. The summed E-state index contributed by atoms with van der Waals surface area (Å²) in [4.78, 5) is -0.0883. The second kappa shape index (κ2) is 5.48.